The van der Waals surface area contributed by atoms with Gasteiger partial charge in [0, 0.05) is 15.7 Å². The normalized spacial score (nSPS) is 11.2. The maximum atomic E-state index is 5.61. The lowest BCUT2D eigenvalue weighted by molar-refractivity contribution is 0.340. The topological polar surface area (TPSA) is 52.8 Å². The van der Waals surface area contributed by atoms with Crippen molar-refractivity contribution < 1.29 is 4.74 Å². The van der Waals surface area contributed by atoms with E-state index in [2.05, 4.69) is 36.8 Å². The molecule has 0 amide bonds. The van der Waals surface area contributed by atoms with Gasteiger partial charge in [0.2, 0.25) is 0 Å². The molecule has 8 heteroatoms. The Kier molecular flexibility index (Phi) is 6.25. The van der Waals surface area contributed by atoms with Crippen LogP contribution >= 0.6 is 39.0 Å². The Labute approximate surface area is 202 Å². The summed E-state index contributed by atoms with van der Waals surface area (Å²) in [6.45, 7) is 2.62. The molecule has 32 heavy (non-hydrogen) atoms. The summed E-state index contributed by atoms with van der Waals surface area (Å²) in [5.74, 6) is 2.38. The molecule has 0 fully saturated rings. The van der Waals surface area contributed by atoms with Crippen molar-refractivity contribution in [1.29, 1.82) is 0 Å². The summed E-state index contributed by atoms with van der Waals surface area (Å²) in [6, 6.07) is 24.4. The average molecular weight is 523 g/mol. The molecule has 160 valence electrons. The van der Waals surface area contributed by atoms with Crippen molar-refractivity contribution in [2.75, 3.05) is 6.61 Å². The number of para-hydroxylation sites is 1. The van der Waals surface area contributed by atoms with E-state index in [-0.39, 0.29) is 0 Å². The molecule has 2 heterocycles. The molecule has 0 aliphatic rings. The maximum Gasteiger partial charge on any atom is 0.196 e. The first-order valence-electron chi connectivity index (χ1n) is 10.1. The van der Waals surface area contributed by atoms with Crippen LogP contribution in [0, 0.1) is 0 Å². The average Bonchev–Trinajstić information content (AvgIpc) is 3.43. The zero-order chi connectivity index (χ0) is 21.9. The quantitative estimate of drug-likeness (QED) is 0.215. The smallest absolute Gasteiger partial charge is 0.196 e. The zero-order valence-corrected chi connectivity index (χ0v) is 20.5. The Morgan fingerprint density at radius 3 is 2.50 bits per heavy atom. The van der Waals surface area contributed by atoms with Crippen molar-refractivity contribution in [2.45, 2.75) is 17.8 Å². The van der Waals surface area contributed by atoms with Crippen LogP contribution in [0.25, 0.3) is 27.3 Å². The van der Waals surface area contributed by atoms with Crippen LogP contribution < -0.4 is 4.74 Å². The molecule has 0 aliphatic carbocycles. The molecule has 0 aliphatic heterocycles. The number of halogens is 1. The fraction of sp³-hybridized carbons (Fsp3) is 0.125. The van der Waals surface area contributed by atoms with Crippen LogP contribution in [0.3, 0.4) is 0 Å². The van der Waals surface area contributed by atoms with Gasteiger partial charge in [-0.3, -0.25) is 4.57 Å². The Morgan fingerprint density at radius 2 is 1.75 bits per heavy atom. The highest BCUT2D eigenvalue weighted by molar-refractivity contribution is 9.10. The number of thiazole rings is 1. The number of aromatic nitrogens is 4. The van der Waals surface area contributed by atoms with Crippen molar-refractivity contribution in [3.8, 4) is 22.8 Å². The molecule has 0 atom stereocenters. The zero-order valence-electron chi connectivity index (χ0n) is 17.2. The summed E-state index contributed by atoms with van der Waals surface area (Å²) in [5.41, 5.74) is 3.03. The lowest BCUT2D eigenvalue weighted by Gasteiger charge is -2.11. The molecule has 3 aromatic carbocycles. The number of thioether (sulfide) groups is 1. The molecule has 0 bridgehead atoms. The van der Waals surface area contributed by atoms with Crippen LogP contribution in [0.4, 0.5) is 0 Å². The van der Waals surface area contributed by atoms with E-state index in [9.17, 15) is 0 Å². The number of benzene rings is 3. The third-order valence-electron chi connectivity index (χ3n) is 4.80. The van der Waals surface area contributed by atoms with Gasteiger partial charge in [-0.2, -0.15) is 0 Å². The van der Waals surface area contributed by atoms with Gasteiger partial charge in [0.25, 0.3) is 0 Å². The van der Waals surface area contributed by atoms with E-state index in [0.717, 1.165) is 48.7 Å². The van der Waals surface area contributed by atoms with E-state index < -0.39 is 0 Å². The summed E-state index contributed by atoms with van der Waals surface area (Å²) >= 11 is 6.87. The fourth-order valence-corrected chi connectivity index (χ4v) is 5.52. The Balaban J connectivity index is 1.50. The molecule has 0 unspecified atom stereocenters. The number of rotatable bonds is 7. The molecular weight excluding hydrogens is 504 g/mol. The lowest BCUT2D eigenvalue weighted by Crippen LogP contribution is -2.00. The second-order valence-corrected chi connectivity index (χ2v) is 9.91. The van der Waals surface area contributed by atoms with Crippen LogP contribution in [0.1, 0.15) is 11.9 Å². The molecule has 0 N–H and O–H groups in total. The minimum absolute atomic E-state index is 0.638. The van der Waals surface area contributed by atoms with E-state index in [1.54, 1.807) is 23.1 Å². The van der Waals surface area contributed by atoms with Gasteiger partial charge >= 0.3 is 0 Å². The SMILES string of the molecule is CCOc1ccc(-n2c(SCc3nc4ccccc4s3)nnc2-c2ccc(Br)cc2)cc1. The van der Waals surface area contributed by atoms with Crippen molar-refractivity contribution >= 4 is 49.2 Å². The van der Waals surface area contributed by atoms with E-state index in [4.69, 9.17) is 9.72 Å². The lowest BCUT2D eigenvalue weighted by atomic mass is 10.2. The third-order valence-corrected chi connectivity index (χ3v) is 7.49. The Hall–Kier alpha value is -2.68. The molecular formula is C24H19BrN4OS2. The highest BCUT2D eigenvalue weighted by Crippen LogP contribution is 2.32. The molecule has 0 saturated carbocycles. The summed E-state index contributed by atoms with van der Waals surface area (Å²) in [5, 5.41) is 11.0. The van der Waals surface area contributed by atoms with Gasteiger partial charge in [-0.15, -0.1) is 21.5 Å². The minimum atomic E-state index is 0.638. The van der Waals surface area contributed by atoms with Crippen LogP contribution in [-0.2, 0) is 5.75 Å². The summed E-state index contributed by atoms with van der Waals surface area (Å²) in [7, 11) is 0. The standard InChI is InChI=1S/C24H19BrN4OS2/c1-2-30-19-13-11-18(12-14-19)29-23(16-7-9-17(25)10-8-16)27-28-24(29)31-15-22-26-20-5-3-4-6-21(20)32-22/h3-14H,2,15H2,1H3. The van der Waals surface area contributed by atoms with Gasteiger partial charge in [-0.1, -0.05) is 52.0 Å². The first-order chi connectivity index (χ1) is 15.7. The number of hydrogen-bond acceptors (Lipinski definition) is 6. The summed E-state index contributed by atoms with van der Waals surface area (Å²) < 4.78 is 9.93. The number of hydrogen-bond donors (Lipinski definition) is 0. The molecule has 0 radical (unpaired) electrons. The highest BCUT2D eigenvalue weighted by atomic mass is 79.9. The largest absolute Gasteiger partial charge is 0.494 e. The molecule has 5 rings (SSSR count). The molecule has 5 aromatic rings. The molecule has 0 spiro atoms. The van der Waals surface area contributed by atoms with Crippen LogP contribution in [0.5, 0.6) is 5.75 Å². The number of ether oxygens (including phenoxy) is 1. The van der Waals surface area contributed by atoms with Gasteiger partial charge in [0.1, 0.15) is 10.8 Å². The number of fused-ring (bicyclic) bond motifs is 1. The predicted octanol–water partition coefficient (Wildman–Crippen LogP) is 7.00. The second kappa shape index (κ2) is 9.44. The first-order valence-corrected chi connectivity index (χ1v) is 12.7. The monoisotopic (exact) mass is 522 g/mol. The number of nitrogens with zero attached hydrogens (tertiary/aromatic N) is 4. The molecule has 2 aromatic heterocycles. The Morgan fingerprint density at radius 1 is 0.969 bits per heavy atom. The van der Waals surface area contributed by atoms with E-state index >= 15 is 0 Å². The Bertz CT molecular complexity index is 1310. The first kappa shape index (κ1) is 21.2. The predicted molar refractivity (Wildman–Crippen MR) is 135 cm³/mol. The fourth-order valence-electron chi connectivity index (χ4n) is 3.35. The summed E-state index contributed by atoms with van der Waals surface area (Å²) in [4.78, 5) is 4.76. The van der Waals surface area contributed by atoms with Gasteiger partial charge in [-0.25, -0.2) is 4.98 Å². The van der Waals surface area contributed by atoms with Gasteiger partial charge in [0.15, 0.2) is 11.0 Å². The van der Waals surface area contributed by atoms with Crippen molar-refractivity contribution in [1.82, 2.24) is 19.7 Å². The van der Waals surface area contributed by atoms with Crippen LogP contribution in [0.15, 0.2) is 82.4 Å². The van der Waals surface area contributed by atoms with Gasteiger partial charge in [-0.05, 0) is 55.5 Å². The minimum Gasteiger partial charge on any atom is -0.494 e. The third kappa shape index (κ3) is 4.44. The second-order valence-electron chi connectivity index (χ2n) is 6.94. The van der Waals surface area contributed by atoms with Crippen molar-refractivity contribution in [2.24, 2.45) is 0 Å². The van der Waals surface area contributed by atoms with Crippen molar-refractivity contribution in [3.63, 3.8) is 0 Å². The summed E-state index contributed by atoms with van der Waals surface area (Å²) in [6.07, 6.45) is 0. The van der Waals surface area contributed by atoms with Crippen LogP contribution in [-0.4, -0.2) is 26.4 Å². The van der Waals surface area contributed by atoms with Crippen molar-refractivity contribution in [3.05, 3.63) is 82.3 Å². The van der Waals surface area contributed by atoms with E-state index in [0.29, 0.717) is 6.61 Å². The van der Waals surface area contributed by atoms with Gasteiger partial charge < -0.3 is 4.74 Å². The highest BCUT2D eigenvalue weighted by Gasteiger charge is 2.17. The molecule has 5 nitrogen and oxygen atoms in total. The maximum absolute atomic E-state index is 5.61. The van der Waals surface area contributed by atoms with Crippen LogP contribution in [0.2, 0.25) is 0 Å². The van der Waals surface area contributed by atoms with E-state index in [1.165, 1.54) is 4.70 Å². The van der Waals surface area contributed by atoms with E-state index in [1.807, 2.05) is 73.7 Å². The van der Waals surface area contributed by atoms with Gasteiger partial charge in [0.05, 0.1) is 22.6 Å². The molecule has 0 saturated heterocycles.